The summed E-state index contributed by atoms with van der Waals surface area (Å²) in [6.45, 7) is 9.40. The van der Waals surface area contributed by atoms with Gasteiger partial charge in [0, 0.05) is 31.5 Å². The van der Waals surface area contributed by atoms with Crippen LogP contribution in [0.1, 0.15) is 33.6 Å². The molecule has 0 bridgehead atoms. The molecule has 0 unspecified atom stereocenters. The average Bonchev–Trinajstić information content (AvgIpc) is 2.75. The third kappa shape index (κ3) is 3.43. The summed E-state index contributed by atoms with van der Waals surface area (Å²) in [4.78, 5) is 13.9. The first-order valence-electron chi connectivity index (χ1n) is 6.71. The van der Waals surface area contributed by atoms with Crippen LogP contribution in [-0.2, 0) is 14.3 Å². The molecule has 1 amide bonds. The summed E-state index contributed by atoms with van der Waals surface area (Å²) >= 11 is 0. The van der Waals surface area contributed by atoms with Crippen molar-refractivity contribution >= 4 is 5.91 Å². The van der Waals surface area contributed by atoms with E-state index in [-0.39, 0.29) is 11.4 Å². The molecule has 0 aromatic heterocycles. The summed E-state index contributed by atoms with van der Waals surface area (Å²) in [6, 6.07) is 0. The second kappa shape index (κ2) is 5.15. The zero-order valence-corrected chi connectivity index (χ0v) is 11.6. The fraction of sp³-hybridized carbons (Fsp3) is 0.923. The van der Waals surface area contributed by atoms with E-state index in [4.69, 9.17) is 9.47 Å². The van der Waals surface area contributed by atoms with Crippen molar-refractivity contribution in [3.63, 3.8) is 0 Å². The van der Waals surface area contributed by atoms with Crippen molar-refractivity contribution in [1.29, 1.82) is 0 Å². The van der Waals surface area contributed by atoms with E-state index in [9.17, 15) is 4.79 Å². The Bertz CT molecular complexity index is 296. The van der Waals surface area contributed by atoms with Gasteiger partial charge in [-0.25, -0.2) is 0 Å². The fourth-order valence-corrected chi connectivity index (χ4v) is 2.34. The Morgan fingerprint density at radius 2 is 1.78 bits per heavy atom. The topological polar surface area (TPSA) is 50.8 Å². The zero-order valence-electron chi connectivity index (χ0n) is 11.6. The maximum absolute atomic E-state index is 12.0. The van der Waals surface area contributed by atoms with Crippen LogP contribution in [-0.4, -0.2) is 55.0 Å². The van der Waals surface area contributed by atoms with Crippen LogP contribution < -0.4 is 5.32 Å². The van der Waals surface area contributed by atoms with Gasteiger partial charge in [-0.05, 0) is 20.8 Å². The van der Waals surface area contributed by atoms with Crippen LogP contribution >= 0.6 is 0 Å². The minimum absolute atomic E-state index is 0.0235. The van der Waals surface area contributed by atoms with Crippen molar-refractivity contribution in [2.75, 3.05) is 32.8 Å². The molecule has 0 aromatic carbocycles. The summed E-state index contributed by atoms with van der Waals surface area (Å²) in [6.07, 6.45) is 1.57. The van der Waals surface area contributed by atoms with Crippen LogP contribution in [0.25, 0.3) is 0 Å². The molecule has 2 saturated heterocycles. The molecule has 0 aromatic rings. The van der Waals surface area contributed by atoms with E-state index in [0.717, 1.165) is 25.9 Å². The molecule has 2 rings (SSSR count). The van der Waals surface area contributed by atoms with E-state index in [0.29, 0.717) is 19.8 Å². The lowest BCUT2D eigenvalue weighted by molar-refractivity contribution is -0.187. The lowest BCUT2D eigenvalue weighted by atomic mass is 10.0. The van der Waals surface area contributed by atoms with E-state index in [1.54, 1.807) is 0 Å². The molecule has 2 aliphatic heterocycles. The fourth-order valence-electron chi connectivity index (χ4n) is 2.34. The monoisotopic (exact) mass is 256 g/mol. The number of nitrogens with zero attached hydrogens (tertiary/aromatic N) is 1. The van der Waals surface area contributed by atoms with Gasteiger partial charge in [0.1, 0.15) is 0 Å². The Kier molecular flexibility index (Phi) is 3.94. The predicted octanol–water partition coefficient (Wildman–Crippen LogP) is 0.740. The lowest BCUT2D eigenvalue weighted by Crippen LogP contribution is -2.51. The van der Waals surface area contributed by atoms with Crippen molar-refractivity contribution in [3.05, 3.63) is 0 Å². The van der Waals surface area contributed by atoms with E-state index < -0.39 is 5.79 Å². The highest BCUT2D eigenvalue weighted by Crippen LogP contribution is 2.31. The van der Waals surface area contributed by atoms with Gasteiger partial charge in [0.15, 0.2) is 5.79 Å². The van der Waals surface area contributed by atoms with Crippen LogP contribution in [0.4, 0.5) is 0 Å². The number of carbonyl (C=O) groups excluding carboxylic acids is 1. The minimum Gasteiger partial charge on any atom is -0.347 e. The molecule has 18 heavy (non-hydrogen) atoms. The van der Waals surface area contributed by atoms with Crippen LogP contribution in [0.2, 0.25) is 0 Å². The first-order valence-corrected chi connectivity index (χ1v) is 6.71. The molecule has 5 nitrogen and oxygen atoms in total. The molecular weight excluding hydrogens is 232 g/mol. The Morgan fingerprint density at radius 1 is 1.22 bits per heavy atom. The maximum Gasteiger partial charge on any atom is 0.236 e. The zero-order chi connectivity index (χ0) is 13.2. The number of amides is 1. The van der Waals surface area contributed by atoms with Gasteiger partial charge >= 0.3 is 0 Å². The van der Waals surface area contributed by atoms with Crippen molar-refractivity contribution in [2.24, 2.45) is 0 Å². The molecule has 1 spiro atoms. The van der Waals surface area contributed by atoms with Crippen LogP contribution in [0, 0.1) is 0 Å². The smallest absolute Gasteiger partial charge is 0.236 e. The SMILES string of the molecule is CC(C)(C)NCC(=O)N1CCC2(CC1)OCCO2. The van der Waals surface area contributed by atoms with Crippen molar-refractivity contribution < 1.29 is 14.3 Å². The highest BCUT2D eigenvalue weighted by molar-refractivity contribution is 5.78. The van der Waals surface area contributed by atoms with Crippen LogP contribution in [0.15, 0.2) is 0 Å². The molecule has 2 heterocycles. The summed E-state index contributed by atoms with van der Waals surface area (Å²) < 4.78 is 11.3. The van der Waals surface area contributed by atoms with Gasteiger partial charge in [-0.3, -0.25) is 4.79 Å². The van der Waals surface area contributed by atoms with Crippen molar-refractivity contribution in [3.8, 4) is 0 Å². The van der Waals surface area contributed by atoms with Crippen LogP contribution in [0.3, 0.4) is 0 Å². The second-order valence-electron chi connectivity index (χ2n) is 6.09. The van der Waals surface area contributed by atoms with Crippen LogP contribution in [0.5, 0.6) is 0 Å². The number of piperidine rings is 1. The van der Waals surface area contributed by atoms with Gasteiger partial charge in [0.25, 0.3) is 0 Å². The third-order valence-corrected chi connectivity index (χ3v) is 3.46. The standard InChI is InChI=1S/C13H24N2O3/c1-12(2,3)14-10-11(16)15-6-4-13(5-7-15)17-8-9-18-13/h14H,4-10H2,1-3H3. The summed E-state index contributed by atoms with van der Waals surface area (Å²) in [5.74, 6) is -0.230. The quantitative estimate of drug-likeness (QED) is 0.792. The second-order valence-corrected chi connectivity index (χ2v) is 6.09. The minimum atomic E-state index is -0.395. The largest absolute Gasteiger partial charge is 0.347 e. The number of rotatable bonds is 2. The molecule has 5 heteroatoms. The number of hydrogen-bond acceptors (Lipinski definition) is 4. The Morgan fingerprint density at radius 3 is 2.28 bits per heavy atom. The predicted molar refractivity (Wildman–Crippen MR) is 68.2 cm³/mol. The molecule has 0 saturated carbocycles. The number of hydrogen-bond donors (Lipinski definition) is 1. The normalized spacial score (nSPS) is 23.6. The van der Waals surface area contributed by atoms with E-state index in [1.807, 2.05) is 4.90 Å². The van der Waals surface area contributed by atoms with Crippen molar-refractivity contribution in [2.45, 2.75) is 44.9 Å². The first-order chi connectivity index (χ1) is 8.40. The van der Waals surface area contributed by atoms with E-state index in [1.165, 1.54) is 0 Å². The van der Waals surface area contributed by atoms with Crippen molar-refractivity contribution in [1.82, 2.24) is 10.2 Å². The summed E-state index contributed by atoms with van der Waals surface area (Å²) in [5.41, 5.74) is -0.0235. The summed E-state index contributed by atoms with van der Waals surface area (Å²) in [7, 11) is 0. The van der Waals surface area contributed by atoms with Gasteiger partial charge in [-0.1, -0.05) is 0 Å². The van der Waals surface area contributed by atoms with Gasteiger partial charge in [0.05, 0.1) is 19.8 Å². The maximum atomic E-state index is 12.0. The van der Waals surface area contributed by atoms with E-state index >= 15 is 0 Å². The average molecular weight is 256 g/mol. The number of nitrogens with one attached hydrogen (secondary N) is 1. The lowest BCUT2D eigenvalue weighted by Gasteiger charge is -2.38. The number of likely N-dealkylation sites (tertiary alicyclic amines) is 1. The molecule has 1 N–H and O–H groups in total. The summed E-state index contributed by atoms with van der Waals surface area (Å²) in [5, 5.41) is 3.23. The highest BCUT2D eigenvalue weighted by Gasteiger charge is 2.40. The molecule has 0 aliphatic carbocycles. The Labute approximate surface area is 109 Å². The van der Waals surface area contributed by atoms with Gasteiger partial charge in [-0.2, -0.15) is 0 Å². The highest BCUT2D eigenvalue weighted by atomic mass is 16.7. The first kappa shape index (κ1) is 13.8. The number of ether oxygens (including phenoxy) is 2. The molecule has 0 atom stereocenters. The molecular formula is C13H24N2O3. The molecule has 2 fully saturated rings. The molecule has 2 aliphatic rings. The number of carbonyl (C=O) groups is 1. The van der Waals surface area contributed by atoms with Gasteiger partial charge < -0.3 is 19.7 Å². The van der Waals surface area contributed by atoms with E-state index in [2.05, 4.69) is 26.1 Å². The Balaban J connectivity index is 1.77. The Hall–Kier alpha value is -0.650. The van der Waals surface area contributed by atoms with Gasteiger partial charge in [0.2, 0.25) is 5.91 Å². The molecule has 104 valence electrons. The van der Waals surface area contributed by atoms with Gasteiger partial charge in [-0.15, -0.1) is 0 Å². The molecule has 0 radical (unpaired) electrons. The third-order valence-electron chi connectivity index (χ3n) is 3.46.